The summed E-state index contributed by atoms with van der Waals surface area (Å²) in [6.07, 6.45) is 13.2. The van der Waals surface area contributed by atoms with Gasteiger partial charge in [0.15, 0.2) is 0 Å². The first kappa shape index (κ1) is 15.6. The lowest BCUT2D eigenvalue weighted by atomic mass is 9.98. The third-order valence-corrected chi connectivity index (χ3v) is 3.31. The number of nitrogens with zero attached hydrogens (tertiary/aromatic N) is 1. The summed E-state index contributed by atoms with van der Waals surface area (Å²) in [6.45, 7) is 9.17. The van der Waals surface area contributed by atoms with Crippen molar-refractivity contribution in [2.24, 2.45) is 5.92 Å². The predicted octanol–water partition coefficient (Wildman–Crippen LogP) is 4.81. The largest absolute Gasteiger partial charge is 0.375 e. The molecule has 0 spiro atoms. The number of likely N-dealkylation sites (N-methyl/N-ethyl adjacent to an activating group) is 1. The van der Waals surface area contributed by atoms with Crippen LogP contribution in [0.5, 0.6) is 0 Å². The average Bonchev–Trinajstić information content (AvgIpc) is 2.58. The Morgan fingerprint density at radius 3 is 2.84 bits per heavy atom. The Bertz CT molecular complexity index is 473. The van der Waals surface area contributed by atoms with E-state index in [9.17, 15) is 0 Å². The van der Waals surface area contributed by atoms with E-state index in [1.54, 1.807) is 0 Å². The van der Waals surface area contributed by atoms with Crippen LogP contribution in [0.25, 0.3) is 0 Å². The van der Waals surface area contributed by atoms with Crippen LogP contribution in [-0.4, -0.2) is 18.5 Å². The molecule has 0 radical (unpaired) electrons. The smallest absolute Gasteiger partial charge is 0.0821 e. The Morgan fingerprint density at radius 2 is 2.26 bits per heavy atom. The van der Waals surface area contributed by atoms with Gasteiger partial charge in [-0.15, -0.1) is 12.3 Å². The highest BCUT2D eigenvalue weighted by Crippen LogP contribution is 2.22. The van der Waals surface area contributed by atoms with Gasteiger partial charge in [-0.2, -0.15) is 0 Å². The summed E-state index contributed by atoms with van der Waals surface area (Å²) in [4.78, 5) is 2.25. The number of hydrogen-bond acceptors (Lipinski definition) is 1. The van der Waals surface area contributed by atoms with Crippen LogP contribution in [0.2, 0.25) is 0 Å². The van der Waals surface area contributed by atoms with Crippen molar-refractivity contribution in [1.82, 2.24) is 4.90 Å². The van der Waals surface area contributed by atoms with Crippen LogP contribution >= 0.6 is 11.6 Å². The first-order chi connectivity index (χ1) is 9.12. The molecule has 1 rings (SSSR count). The monoisotopic (exact) mass is 275 g/mol. The Morgan fingerprint density at radius 1 is 1.53 bits per heavy atom. The SMILES string of the molecule is C=CC1C=C=C(Cl)C=C/C1=C/C(=C\C)N(C)CCC. The van der Waals surface area contributed by atoms with Crippen LogP contribution in [-0.2, 0) is 0 Å². The van der Waals surface area contributed by atoms with E-state index in [1.807, 2.05) is 24.3 Å². The van der Waals surface area contributed by atoms with E-state index in [0.717, 1.165) is 13.0 Å². The fraction of sp³-hybridized carbons (Fsp3) is 0.353. The molecular weight excluding hydrogens is 254 g/mol. The van der Waals surface area contributed by atoms with Gasteiger partial charge in [0.25, 0.3) is 0 Å². The maximum atomic E-state index is 5.99. The minimum absolute atomic E-state index is 0.150. The minimum atomic E-state index is 0.150. The second-order valence-corrected chi connectivity index (χ2v) is 4.94. The third-order valence-electron chi connectivity index (χ3n) is 3.07. The second kappa shape index (κ2) is 7.89. The van der Waals surface area contributed by atoms with Crippen molar-refractivity contribution in [3.63, 3.8) is 0 Å². The zero-order valence-electron chi connectivity index (χ0n) is 12.0. The van der Waals surface area contributed by atoms with Gasteiger partial charge in [0.05, 0.1) is 5.03 Å². The van der Waals surface area contributed by atoms with E-state index < -0.39 is 0 Å². The Labute approximate surface area is 121 Å². The molecule has 0 aromatic rings. The average molecular weight is 276 g/mol. The lowest BCUT2D eigenvalue weighted by molar-refractivity contribution is 0.428. The van der Waals surface area contributed by atoms with Crippen molar-refractivity contribution in [3.05, 3.63) is 65.1 Å². The molecule has 0 aromatic heterocycles. The summed E-state index contributed by atoms with van der Waals surface area (Å²) in [5.41, 5.74) is 5.43. The van der Waals surface area contributed by atoms with Gasteiger partial charge in [0.2, 0.25) is 0 Å². The molecule has 2 heteroatoms. The van der Waals surface area contributed by atoms with Crippen molar-refractivity contribution in [1.29, 1.82) is 0 Å². The summed E-state index contributed by atoms with van der Waals surface area (Å²) in [5, 5.41) is 0.624. The third kappa shape index (κ3) is 4.63. The Kier molecular flexibility index (Phi) is 6.49. The van der Waals surface area contributed by atoms with Crippen LogP contribution in [0.4, 0.5) is 0 Å². The highest BCUT2D eigenvalue weighted by Gasteiger charge is 2.09. The maximum Gasteiger partial charge on any atom is 0.0821 e. The van der Waals surface area contributed by atoms with Crippen LogP contribution in [0.3, 0.4) is 0 Å². The highest BCUT2D eigenvalue weighted by molar-refractivity contribution is 6.31. The quantitative estimate of drug-likeness (QED) is 0.514. The van der Waals surface area contributed by atoms with E-state index in [0.29, 0.717) is 5.03 Å². The van der Waals surface area contributed by atoms with E-state index in [-0.39, 0.29) is 5.92 Å². The molecule has 1 nitrogen and oxygen atoms in total. The standard InChI is InChI=1S/C17H22ClN/c1-5-12-19(4)17(7-3)13-15-9-11-16(18)10-8-14(15)6-2/h6-9,11,13-14H,2,5,12H2,1,3-4H3/b15-13-,17-7+. The molecule has 19 heavy (non-hydrogen) atoms. The molecule has 1 unspecified atom stereocenters. The molecule has 1 atom stereocenters. The summed E-state index contributed by atoms with van der Waals surface area (Å²) in [7, 11) is 2.11. The fourth-order valence-electron chi connectivity index (χ4n) is 1.99. The summed E-state index contributed by atoms with van der Waals surface area (Å²) >= 11 is 5.99. The first-order valence-electron chi connectivity index (χ1n) is 6.64. The van der Waals surface area contributed by atoms with Crippen molar-refractivity contribution in [3.8, 4) is 0 Å². The van der Waals surface area contributed by atoms with Crippen LogP contribution in [0.15, 0.2) is 65.1 Å². The van der Waals surface area contributed by atoms with Gasteiger partial charge in [-0.25, -0.2) is 0 Å². The minimum Gasteiger partial charge on any atom is -0.375 e. The fourth-order valence-corrected chi connectivity index (χ4v) is 2.12. The molecule has 0 aliphatic heterocycles. The van der Waals surface area contributed by atoms with Gasteiger partial charge in [-0.05, 0) is 37.1 Å². The summed E-state index contributed by atoms with van der Waals surface area (Å²) < 4.78 is 0. The molecule has 0 N–H and O–H groups in total. The van der Waals surface area contributed by atoms with E-state index in [2.05, 4.69) is 50.3 Å². The lowest BCUT2D eigenvalue weighted by Gasteiger charge is -2.21. The van der Waals surface area contributed by atoms with Crippen LogP contribution in [0.1, 0.15) is 20.3 Å². The van der Waals surface area contributed by atoms with E-state index >= 15 is 0 Å². The summed E-state index contributed by atoms with van der Waals surface area (Å²) in [6, 6.07) is 0. The molecule has 0 heterocycles. The van der Waals surface area contributed by atoms with Gasteiger partial charge in [0, 0.05) is 25.2 Å². The topological polar surface area (TPSA) is 3.24 Å². The van der Waals surface area contributed by atoms with Gasteiger partial charge < -0.3 is 4.90 Å². The van der Waals surface area contributed by atoms with Crippen molar-refractivity contribution in [2.75, 3.05) is 13.6 Å². The normalized spacial score (nSPS) is 21.3. The molecule has 1 aliphatic rings. The molecule has 102 valence electrons. The van der Waals surface area contributed by atoms with Crippen LogP contribution in [0, 0.1) is 5.92 Å². The van der Waals surface area contributed by atoms with Gasteiger partial charge in [0.1, 0.15) is 0 Å². The first-order valence-corrected chi connectivity index (χ1v) is 7.02. The molecule has 0 saturated carbocycles. The zero-order chi connectivity index (χ0) is 14.3. The van der Waals surface area contributed by atoms with Gasteiger partial charge in [-0.1, -0.05) is 36.8 Å². The van der Waals surface area contributed by atoms with Gasteiger partial charge >= 0.3 is 0 Å². The molecule has 0 fully saturated rings. The second-order valence-electron chi connectivity index (χ2n) is 4.53. The number of allylic oxidation sites excluding steroid dienone is 7. The number of hydrogen-bond donors (Lipinski definition) is 0. The van der Waals surface area contributed by atoms with E-state index in [4.69, 9.17) is 11.6 Å². The van der Waals surface area contributed by atoms with Crippen LogP contribution < -0.4 is 0 Å². The number of rotatable bonds is 5. The van der Waals surface area contributed by atoms with Crippen molar-refractivity contribution >= 4 is 11.6 Å². The van der Waals surface area contributed by atoms with Gasteiger partial charge in [-0.3, -0.25) is 0 Å². The zero-order valence-corrected chi connectivity index (χ0v) is 12.7. The Balaban J connectivity index is 3.06. The summed E-state index contributed by atoms with van der Waals surface area (Å²) in [5.74, 6) is 0.150. The molecule has 0 amide bonds. The lowest BCUT2D eigenvalue weighted by Crippen LogP contribution is -2.17. The number of halogens is 1. The van der Waals surface area contributed by atoms with Crippen molar-refractivity contribution in [2.45, 2.75) is 20.3 Å². The predicted molar refractivity (Wildman–Crippen MR) is 85.0 cm³/mol. The molecule has 1 aliphatic carbocycles. The highest BCUT2D eigenvalue weighted by atomic mass is 35.5. The maximum absolute atomic E-state index is 5.99. The van der Waals surface area contributed by atoms with E-state index in [1.165, 1.54) is 11.3 Å². The molecule has 0 saturated heterocycles. The van der Waals surface area contributed by atoms with Crippen molar-refractivity contribution < 1.29 is 0 Å². The molecule has 0 bridgehead atoms. The molecule has 0 aromatic carbocycles. The Hall–Kier alpha value is -1.43. The molecular formula is C17H22ClN.